The van der Waals surface area contributed by atoms with Crippen molar-refractivity contribution in [1.29, 1.82) is 0 Å². The van der Waals surface area contributed by atoms with Crippen LogP contribution in [-0.4, -0.2) is 17.3 Å². The van der Waals surface area contributed by atoms with E-state index in [0.717, 1.165) is 38.5 Å². The Labute approximate surface area is 76.2 Å². The van der Waals surface area contributed by atoms with Crippen molar-refractivity contribution in [3.05, 3.63) is 0 Å². The Kier molecular flexibility index (Phi) is 6.39. The van der Waals surface area contributed by atoms with Crippen LogP contribution < -0.4 is 5.73 Å². The zero-order valence-electron chi connectivity index (χ0n) is 8.47. The van der Waals surface area contributed by atoms with Gasteiger partial charge in [-0.2, -0.15) is 0 Å². The van der Waals surface area contributed by atoms with Crippen molar-refractivity contribution in [2.45, 2.75) is 58.0 Å². The Hall–Kier alpha value is -0.0800. The molecule has 2 heteroatoms. The molecule has 0 atom stereocenters. The Balaban J connectivity index is 3.70. The highest BCUT2D eigenvalue weighted by molar-refractivity contribution is 4.78. The minimum absolute atomic E-state index is 0.410. The molecule has 0 aromatic heterocycles. The van der Waals surface area contributed by atoms with Crippen molar-refractivity contribution in [2.24, 2.45) is 5.73 Å². The molecule has 0 fully saturated rings. The molecule has 0 spiro atoms. The van der Waals surface area contributed by atoms with Gasteiger partial charge in [-0.25, -0.2) is 0 Å². The summed E-state index contributed by atoms with van der Waals surface area (Å²) in [5.41, 5.74) is 4.96. The van der Waals surface area contributed by atoms with E-state index in [1.54, 1.807) is 0 Å². The summed E-state index contributed by atoms with van der Waals surface area (Å²) in [6, 6.07) is 0. The average molecular weight is 173 g/mol. The van der Waals surface area contributed by atoms with E-state index in [0.29, 0.717) is 6.54 Å². The van der Waals surface area contributed by atoms with Crippen LogP contribution in [0.3, 0.4) is 0 Å². The zero-order valence-corrected chi connectivity index (χ0v) is 8.47. The summed E-state index contributed by atoms with van der Waals surface area (Å²) in [6.07, 6.45) is 6.15. The van der Waals surface area contributed by atoms with E-state index >= 15 is 0 Å². The van der Waals surface area contributed by atoms with Gasteiger partial charge in [0, 0.05) is 6.54 Å². The number of nitrogens with two attached hydrogens (primary N) is 1. The van der Waals surface area contributed by atoms with E-state index in [1.807, 2.05) is 0 Å². The maximum Gasteiger partial charge on any atom is 0.0769 e. The van der Waals surface area contributed by atoms with E-state index in [9.17, 15) is 5.11 Å². The highest BCUT2D eigenvalue weighted by atomic mass is 16.3. The fourth-order valence-electron chi connectivity index (χ4n) is 1.34. The number of aliphatic hydroxyl groups is 1. The molecule has 0 bridgehead atoms. The van der Waals surface area contributed by atoms with Crippen molar-refractivity contribution in [3.8, 4) is 0 Å². The molecule has 0 aliphatic carbocycles. The first-order valence-electron chi connectivity index (χ1n) is 5.11. The van der Waals surface area contributed by atoms with Crippen LogP contribution in [0.2, 0.25) is 0 Å². The molecule has 0 aliphatic heterocycles. The third-order valence-electron chi connectivity index (χ3n) is 2.37. The number of hydrogen-bond acceptors (Lipinski definition) is 2. The number of unbranched alkanes of at least 4 members (excludes halogenated alkanes) is 2. The van der Waals surface area contributed by atoms with Crippen molar-refractivity contribution >= 4 is 0 Å². The second-order valence-corrected chi connectivity index (χ2v) is 3.64. The second-order valence-electron chi connectivity index (χ2n) is 3.64. The van der Waals surface area contributed by atoms with Gasteiger partial charge in [0.1, 0.15) is 0 Å². The van der Waals surface area contributed by atoms with Gasteiger partial charge in [0.15, 0.2) is 0 Å². The van der Waals surface area contributed by atoms with Crippen LogP contribution in [-0.2, 0) is 0 Å². The lowest BCUT2D eigenvalue weighted by molar-refractivity contribution is 0.0273. The van der Waals surface area contributed by atoms with E-state index in [4.69, 9.17) is 5.73 Å². The lowest BCUT2D eigenvalue weighted by Crippen LogP contribution is -2.37. The predicted octanol–water partition coefficient (Wildman–Crippen LogP) is 2.06. The van der Waals surface area contributed by atoms with Gasteiger partial charge >= 0.3 is 0 Å². The summed E-state index contributed by atoms with van der Waals surface area (Å²) in [4.78, 5) is 0. The van der Waals surface area contributed by atoms with Gasteiger partial charge in [-0.1, -0.05) is 39.5 Å². The van der Waals surface area contributed by atoms with Crippen molar-refractivity contribution in [3.63, 3.8) is 0 Å². The molecule has 12 heavy (non-hydrogen) atoms. The quantitative estimate of drug-likeness (QED) is 0.619. The molecule has 0 aromatic carbocycles. The smallest absolute Gasteiger partial charge is 0.0769 e. The fraction of sp³-hybridized carbons (Fsp3) is 1.00. The van der Waals surface area contributed by atoms with Crippen LogP contribution in [0.25, 0.3) is 0 Å². The van der Waals surface area contributed by atoms with Gasteiger partial charge in [0.2, 0.25) is 0 Å². The molecular weight excluding hydrogens is 150 g/mol. The van der Waals surface area contributed by atoms with E-state index in [-0.39, 0.29) is 0 Å². The normalized spacial score (nSPS) is 12.0. The maximum atomic E-state index is 9.96. The average Bonchev–Trinajstić information content (AvgIpc) is 2.11. The monoisotopic (exact) mass is 173 g/mol. The first kappa shape index (κ1) is 11.9. The molecule has 0 unspecified atom stereocenters. The largest absolute Gasteiger partial charge is 0.389 e. The Bertz CT molecular complexity index is 96.0. The van der Waals surface area contributed by atoms with Crippen LogP contribution in [0.5, 0.6) is 0 Å². The molecule has 3 N–H and O–H groups in total. The number of hydrogen-bond donors (Lipinski definition) is 2. The Morgan fingerprint density at radius 1 is 1.08 bits per heavy atom. The standard InChI is InChI=1S/C10H23NO/c1-3-5-7-10(12,9-11)8-6-4-2/h12H,3-9,11H2,1-2H3. The first-order chi connectivity index (χ1) is 5.68. The van der Waals surface area contributed by atoms with Crippen LogP contribution in [0, 0.1) is 0 Å². The molecule has 0 aliphatic rings. The molecule has 0 saturated heterocycles. The van der Waals surface area contributed by atoms with Crippen molar-refractivity contribution < 1.29 is 5.11 Å². The lowest BCUT2D eigenvalue weighted by Gasteiger charge is -2.26. The molecule has 0 amide bonds. The predicted molar refractivity (Wildman–Crippen MR) is 53.1 cm³/mol. The first-order valence-corrected chi connectivity index (χ1v) is 5.11. The van der Waals surface area contributed by atoms with Crippen LogP contribution >= 0.6 is 0 Å². The molecule has 0 heterocycles. The highest BCUT2D eigenvalue weighted by Crippen LogP contribution is 2.19. The molecule has 0 radical (unpaired) electrons. The molecule has 74 valence electrons. The van der Waals surface area contributed by atoms with Crippen LogP contribution in [0.4, 0.5) is 0 Å². The van der Waals surface area contributed by atoms with Gasteiger partial charge in [0.05, 0.1) is 5.60 Å². The Morgan fingerprint density at radius 3 is 1.75 bits per heavy atom. The summed E-state index contributed by atoms with van der Waals surface area (Å²) in [6.45, 7) is 4.68. The molecule has 0 aromatic rings. The fourth-order valence-corrected chi connectivity index (χ4v) is 1.34. The summed E-state index contributed by atoms with van der Waals surface area (Å²) in [5.74, 6) is 0. The van der Waals surface area contributed by atoms with E-state index < -0.39 is 5.60 Å². The molecule has 0 rings (SSSR count). The minimum Gasteiger partial charge on any atom is -0.389 e. The van der Waals surface area contributed by atoms with Gasteiger partial charge in [-0.05, 0) is 12.8 Å². The Morgan fingerprint density at radius 2 is 1.50 bits per heavy atom. The minimum atomic E-state index is -0.577. The SMILES string of the molecule is CCCCC(O)(CN)CCCC. The third kappa shape index (κ3) is 4.73. The van der Waals surface area contributed by atoms with E-state index in [1.165, 1.54) is 0 Å². The summed E-state index contributed by atoms with van der Waals surface area (Å²) in [7, 11) is 0. The zero-order chi connectivity index (χ0) is 9.45. The van der Waals surface area contributed by atoms with Crippen molar-refractivity contribution in [2.75, 3.05) is 6.54 Å². The van der Waals surface area contributed by atoms with Crippen molar-refractivity contribution in [1.82, 2.24) is 0 Å². The summed E-state index contributed by atoms with van der Waals surface area (Å²) >= 11 is 0. The van der Waals surface area contributed by atoms with E-state index in [2.05, 4.69) is 13.8 Å². The summed E-state index contributed by atoms with van der Waals surface area (Å²) in [5, 5.41) is 9.96. The second kappa shape index (κ2) is 6.44. The molecule has 2 nitrogen and oxygen atoms in total. The molecular formula is C10H23NO. The summed E-state index contributed by atoms with van der Waals surface area (Å²) < 4.78 is 0. The van der Waals surface area contributed by atoms with Crippen LogP contribution in [0.15, 0.2) is 0 Å². The topological polar surface area (TPSA) is 46.2 Å². The van der Waals surface area contributed by atoms with Gasteiger partial charge in [0.25, 0.3) is 0 Å². The highest BCUT2D eigenvalue weighted by Gasteiger charge is 2.22. The molecule has 0 saturated carbocycles. The third-order valence-corrected chi connectivity index (χ3v) is 2.37. The van der Waals surface area contributed by atoms with Crippen LogP contribution in [0.1, 0.15) is 52.4 Å². The van der Waals surface area contributed by atoms with Gasteiger partial charge in [-0.15, -0.1) is 0 Å². The van der Waals surface area contributed by atoms with Gasteiger partial charge < -0.3 is 10.8 Å². The number of rotatable bonds is 7. The van der Waals surface area contributed by atoms with Gasteiger partial charge in [-0.3, -0.25) is 0 Å². The lowest BCUT2D eigenvalue weighted by atomic mass is 9.91. The maximum absolute atomic E-state index is 9.96.